The minimum atomic E-state index is -0.356. The number of hydrogen-bond acceptors (Lipinski definition) is 5. The molecule has 0 bridgehead atoms. The summed E-state index contributed by atoms with van der Waals surface area (Å²) < 4.78 is 0. The molecule has 0 radical (unpaired) electrons. The lowest BCUT2D eigenvalue weighted by Crippen LogP contribution is -2.18. The van der Waals surface area contributed by atoms with Gasteiger partial charge in [-0.1, -0.05) is 11.6 Å². The second-order valence-corrected chi connectivity index (χ2v) is 3.80. The summed E-state index contributed by atoms with van der Waals surface area (Å²) in [5.74, 6) is 5.62. The maximum Gasteiger partial charge on any atom is 0.260 e. The van der Waals surface area contributed by atoms with E-state index in [1.807, 2.05) is 0 Å². The van der Waals surface area contributed by atoms with E-state index in [4.69, 9.17) is 17.4 Å². The fourth-order valence-electron chi connectivity index (χ4n) is 1.34. The molecule has 0 aliphatic heterocycles. The predicted octanol–water partition coefficient (Wildman–Crippen LogP) is 1.67. The van der Waals surface area contributed by atoms with Crippen molar-refractivity contribution in [2.45, 2.75) is 0 Å². The Morgan fingerprint density at radius 1 is 1.28 bits per heavy atom. The van der Waals surface area contributed by atoms with Crippen LogP contribution in [0.2, 0.25) is 5.02 Å². The molecule has 7 heteroatoms. The maximum atomic E-state index is 12.0. The van der Waals surface area contributed by atoms with E-state index < -0.39 is 0 Å². The number of carbonyl (C=O) groups is 1. The van der Waals surface area contributed by atoms with Crippen LogP contribution in [0, 0.1) is 0 Å². The number of halogens is 1. The lowest BCUT2D eigenvalue weighted by atomic mass is 10.2. The molecule has 0 aliphatic carbocycles. The van der Waals surface area contributed by atoms with Gasteiger partial charge in [0.05, 0.1) is 10.6 Å². The molecule has 2 rings (SSSR count). The van der Waals surface area contributed by atoms with Gasteiger partial charge >= 0.3 is 0 Å². The van der Waals surface area contributed by atoms with E-state index in [1.165, 1.54) is 12.4 Å². The molecule has 2 heterocycles. The zero-order valence-corrected chi connectivity index (χ0v) is 9.98. The number of amides is 1. The molecule has 0 aromatic carbocycles. The quantitative estimate of drug-likeness (QED) is 0.579. The molecule has 0 aliphatic rings. The van der Waals surface area contributed by atoms with Gasteiger partial charge in [0.15, 0.2) is 5.82 Å². The van der Waals surface area contributed by atoms with E-state index in [9.17, 15) is 4.79 Å². The third-order valence-electron chi connectivity index (χ3n) is 2.16. The van der Waals surface area contributed by atoms with E-state index in [2.05, 4.69) is 20.7 Å². The zero-order chi connectivity index (χ0) is 13.0. The van der Waals surface area contributed by atoms with E-state index in [0.29, 0.717) is 22.2 Å². The number of nitrogens with two attached hydrogens (primary N) is 1. The summed E-state index contributed by atoms with van der Waals surface area (Å²) in [5, 5.41) is 3.11. The van der Waals surface area contributed by atoms with Crippen molar-refractivity contribution in [3.63, 3.8) is 0 Å². The first-order chi connectivity index (χ1) is 8.70. The van der Waals surface area contributed by atoms with Crippen molar-refractivity contribution in [1.82, 2.24) is 9.97 Å². The van der Waals surface area contributed by atoms with Crippen LogP contribution in [0.3, 0.4) is 0 Å². The van der Waals surface area contributed by atoms with Crippen LogP contribution >= 0.6 is 11.6 Å². The molecule has 6 nitrogen and oxygen atoms in total. The summed E-state index contributed by atoms with van der Waals surface area (Å²) in [7, 11) is 0. The van der Waals surface area contributed by atoms with Gasteiger partial charge in [0, 0.05) is 12.4 Å². The minimum absolute atomic E-state index is 0.295. The molecule has 4 N–H and O–H groups in total. The fourth-order valence-corrected chi connectivity index (χ4v) is 1.45. The van der Waals surface area contributed by atoms with Crippen molar-refractivity contribution >= 4 is 29.1 Å². The topological polar surface area (TPSA) is 92.9 Å². The summed E-state index contributed by atoms with van der Waals surface area (Å²) in [6.45, 7) is 0. The van der Waals surface area contributed by atoms with Crippen molar-refractivity contribution < 1.29 is 4.79 Å². The third kappa shape index (κ3) is 2.73. The summed E-state index contributed by atoms with van der Waals surface area (Å²) in [6.07, 6.45) is 2.98. The lowest BCUT2D eigenvalue weighted by Gasteiger charge is -2.07. The van der Waals surface area contributed by atoms with Crippen LogP contribution in [0.25, 0.3) is 0 Å². The summed E-state index contributed by atoms with van der Waals surface area (Å²) >= 11 is 5.70. The highest BCUT2D eigenvalue weighted by Gasteiger charge is 2.11. The number of nitrogens with one attached hydrogen (secondary N) is 2. The van der Waals surface area contributed by atoms with Crippen LogP contribution < -0.4 is 16.6 Å². The first-order valence-electron chi connectivity index (χ1n) is 5.05. The number of carbonyl (C=O) groups excluding carboxylic acids is 1. The lowest BCUT2D eigenvalue weighted by molar-refractivity contribution is 0.102. The summed E-state index contributed by atoms with van der Waals surface area (Å²) in [6, 6.07) is 6.49. The van der Waals surface area contributed by atoms with Crippen LogP contribution in [0.1, 0.15) is 10.4 Å². The Kier molecular flexibility index (Phi) is 3.71. The first-order valence-corrected chi connectivity index (χ1v) is 5.43. The number of hydrazine groups is 1. The van der Waals surface area contributed by atoms with E-state index in [-0.39, 0.29) is 5.91 Å². The molecular weight excluding hydrogens is 254 g/mol. The molecule has 2 aromatic rings. The number of nitrogen functional groups attached to an aromatic ring is 1. The van der Waals surface area contributed by atoms with Gasteiger partial charge in [-0.25, -0.2) is 15.8 Å². The molecular formula is C11H10ClN5O. The standard InChI is InChI=1S/C11H10ClN5O/c12-7-3-4-9(15-6-7)16-11(18)8-2-1-5-14-10(8)17-13/h1-6H,13H2,(H,14,17)(H,15,16,18). The van der Waals surface area contributed by atoms with Gasteiger partial charge in [-0.3, -0.25) is 4.79 Å². The number of rotatable bonds is 3. The Bertz CT molecular complexity index is 558. The Hall–Kier alpha value is -2.18. The second kappa shape index (κ2) is 5.44. The van der Waals surface area contributed by atoms with Gasteiger partial charge in [0.2, 0.25) is 0 Å². The molecule has 0 saturated heterocycles. The molecule has 1 amide bonds. The number of hydrogen-bond donors (Lipinski definition) is 3. The Balaban J connectivity index is 2.19. The highest BCUT2D eigenvalue weighted by molar-refractivity contribution is 6.30. The average Bonchev–Trinajstić information content (AvgIpc) is 2.41. The predicted molar refractivity (Wildman–Crippen MR) is 69.2 cm³/mol. The van der Waals surface area contributed by atoms with E-state index >= 15 is 0 Å². The van der Waals surface area contributed by atoms with Crippen LogP contribution in [-0.4, -0.2) is 15.9 Å². The minimum Gasteiger partial charge on any atom is -0.308 e. The summed E-state index contributed by atoms with van der Waals surface area (Å²) in [5.41, 5.74) is 2.69. The van der Waals surface area contributed by atoms with Gasteiger partial charge in [-0.05, 0) is 24.3 Å². The van der Waals surface area contributed by atoms with Crippen molar-refractivity contribution in [1.29, 1.82) is 0 Å². The molecule has 0 unspecified atom stereocenters. The van der Waals surface area contributed by atoms with E-state index in [0.717, 1.165) is 0 Å². The maximum absolute atomic E-state index is 12.0. The highest BCUT2D eigenvalue weighted by Crippen LogP contribution is 2.14. The average molecular weight is 264 g/mol. The number of aromatic nitrogens is 2. The molecule has 0 spiro atoms. The van der Waals surface area contributed by atoms with Crippen LogP contribution in [0.4, 0.5) is 11.6 Å². The highest BCUT2D eigenvalue weighted by atomic mass is 35.5. The number of anilines is 2. The zero-order valence-electron chi connectivity index (χ0n) is 9.22. The van der Waals surface area contributed by atoms with Gasteiger partial charge in [-0.15, -0.1) is 0 Å². The normalized spacial score (nSPS) is 9.89. The van der Waals surface area contributed by atoms with Crippen molar-refractivity contribution in [3.05, 3.63) is 47.2 Å². The molecule has 18 heavy (non-hydrogen) atoms. The SMILES string of the molecule is NNc1ncccc1C(=O)Nc1ccc(Cl)cn1. The number of nitrogens with zero attached hydrogens (tertiary/aromatic N) is 2. The first kappa shape index (κ1) is 12.3. The molecule has 0 fully saturated rings. The fraction of sp³-hybridized carbons (Fsp3) is 0. The van der Waals surface area contributed by atoms with E-state index in [1.54, 1.807) is 24.3 Å². The van der Waals surface area contributed by atoms with Crippen LogP contribution in [0.15, 0.2) is 36.7 Å². The monoisotopic (exact) mass is 263 g/mol. The summed E-state index contributed by atoms with van der Waals surface area (Å²) in [4.78, 5) is 19.9. The van der Waals surface area contributed by atoms with Crippen molar-refractivity contribution in [2.75, 3.05) is 10.7 Å². The smallest absolute Gasteiger partial charge is 0.260 e. The largest absolute Gasteiger partial charge is 0.308 e. The Morgan fingerprint density at radius 3 is 2.78 bits per heavy atom. The second-order valence-electron chi connectivity index (χ2n) is 3.36. The Labute approximate surface area is 108 Å². The van der Waals surface area contributed by atoms with Gasteiger partial charge in [0.25, 0.3) is 5.91 Å². The third-order valence-corrected chi connectivity index (χ3v) is 2.38. The van der Waals surface area contributed by atoms with Crippen LogP contribution in [0.5, 0.6) is 0 Å². The van der Waals surface area contributed by atoms with Crippen molar-refractivity contribution in [2.24, 2.45) is 5.84 Å². The van der Waals surface area contributed by atoms with Gasteiger partial charge in [-0.2, -0.15) is 0 Å². The number of pyridine rings is 2. The molecule has 0 saturated carbocycles. The molecule has 92 valence electrons. The molecule has 2 aromatic heterocycles. The van der Waals surface area contributed by atoms with Crippen LogP contribution in [-0.2, 0) is 0 Å². The molecule has 0 atom stereocenters. The Morgan fingerprint density at radius 2 is 2.11 bits per heavy atom. The van der Waals surface area contributed by atoms with Gasteiger partial charge < -0.3 is 10.7 Å². The van der Waals surface area contributed by atoms with Crippen molar-refractivity contribution in [3.8, 4) is 0 Å². The van der Waals surface area contributed by atoms with Gasteiger partial charge in [0.1, 0.15) is 5.82 Å².